The Morgan fingerprint density at radius 3 is 1.83 bits per heavy atom. The average molecular weight is 721 g/mol. The van der Waals surface area contributed by atoms with E-state index >= 15 is 0 Å². The lowest BCUT2D eigenvalue weighted by atomic mass is 9.45. The second kappa shape index (κ2) is 13.5. The molecule has 8 aliphatic carbocycles. The van der Waals surface area contributed by atoms with Crippen LogP contribution in [0.4, 0.5) is 0 Å². The van der Waals surface area contributed by atoms with Crippen molar-refractivity contribution in [3.8, 4) is 0 Å². The summed E-state index contributed by atoms with van der Waals surface area (Å²) >= 11 is 0. The maximum Gasteiger partial charge on any atom is 0.120 e. The summed E-state index contributed by atoms with van der Waals surface area (Å²) in [7, 11) is 0. The second-order valence-electron chi connectivity index (χ2n) is 21.2. The van der Waals surface area contributed by atoms with Crippen LogP contribution < -0.4 is 0 Å². The Bertz CT molecular complexity index is 1440. The van der Waals surface area contributed by atoms with E-state index < -0.39 is 0 Å². The van der Waals surface area contributed by atoms with Crippen molar-refractivity contribution < 1.29 is 9.47 Å². The molecule has 4 nitrogen and oxygen atoms in total. The maximum absolute atomic E-state index is 7.50. The van der Waals surface area contributed by atoms with E-state index in [-0.39, 0.29) is 11.5 Å². The Labute approximate surface area is 322 Å². The van der Waals surface area contributed by atoms with Crippen LogP contribution >= 0.6 is 0 Å². The molecule has 0 aromatic carbocycles. The third-order valence-corrected chi connectivity index (χ3v) is 19.4. The zero-order valence-corrected chi connectivity index (χ0v) is 33.1. The number of nitrogens with zero attached hydrogens (tertiary/aromatic N) is 2. The normalized spacial score (nSPS) is 53.4. The van der Waals surface area contributed by atoms with E-state index in [4.69, 9.17) is 9.47 Å². The van der Waals surface area contributed by atoms with Crippen molar-refractivity contribution in [3.63, 3.8) is 0 Å². The molecule has 17 atom stereocenters. The Kier molecular flexibility index (Phi) is 8.66. The van der Waals surface area contributed by atoms with E-state index in [2.05, 4.69) is 34.1 Å². The Hall–Kier alpha value is -1.10. The Balaban J connectivity index is 0.961. The number of fused-ring (bicyclic) bond motifs is 14. The molecule has 4 saturated heterocycles. The molecule has 12 rings (SSSR count). The number of rotatable bonds is 2. The molecule has 0 N–H and O–H groups in total. The molecule has 17 unspecified atom stereocenters. The van der Waals surface area contributed by atoms with Crippen LogP contribution in [0.1, 0.15) is 167 Å². The predicted octanol–water partition coefficient (Wildman–Crippen LogP) is 10.9. The number of ether oxygens (including phenoxy) is 2. The first-order chi connectivity index (χ1) is 26.3. The van der Waals surface area contributed by atoms with Gasteiger partial charge in [0, 0.05) is 53.5 Å². The van der Waals surface area contributed by atoms with Crippen LogP contribution in [0, 0.1) is 46.8 Å². The fourth-order valence-corrected chi connectivity index (χ4v) is 17.9. The molecule has 5 saturated carbocycles. The molecule has 4 heteroatoms. The lowest BCUT2D eigenvalue weighted by Crippen LogP contribution is -2.66. The lowest BCUT2D eigenvalue weighted by Gasteiger charge is -2.66. The summed E-state index contributed by atoms with van der Waals surface area (Å²) in [5, 5.41) is 0. The van der Waals surface area contributed by atoms with E-state index in [1.807, 2.05) is 0 Å². The van der Waals surface area contributed by atoms with Crippen molar-refractivity contribution in [1.82, 2.24) is 9.80 Å². The van der Waals surface area contributed by atoms with E-state index in [1.165, 1.54) is 173 Å². The number of likely N-dealkylation sites (tertiary alicyclic amines) is 2. The van der Waals surface area contributed by atoms with Gasteiger partial charge in [-0.2, -0.15) is 0 Å². The van der Waals surface area contributed by atoms with Crippen LogP contribution in [0.5, 0.6) is 0 Å². The Morgan fingerprint density at radius 1 is 0.547 bits per heavy atom. The SMILES string of the molecule is C1=CC(N2C3CCCCC3C3CCCCC32)CC2C1OC1=CCC(N3C4CCCCC4C4CCCCC43)CC1C21C2=CCCCC2OC2CCCCC21. The monoisotopic (exact) mass is 721 g/mol. The van der Waals surface area contributed by atoms with Crippen molar-refractivity contribution >= 4 is 0 Å². The van der Waals surface area contributed by atoms with Crippen LogP contribution in [-0.2, 0) is 9.47 Å². The summed E-state index contributed by atoms with van der Waals surface area (Å²) < 4.78 is 14.8. The topological polar surface area (TPSA) is 24.9 Å². The molecule has 0 amide bonds. The average Bonchev–Trinajstić information content (AvgIpc) is 3.74. The van der Waals surface area contributed by atoms with Crippen LogP contribution in [0.3, 0.4) is 0 Å². The highest BCUT2D eigenvalue weighted by molar-refractivity contribution is 5.38. The molecule has 290 valence electrons. The third kappa shape index (κ3) is 5.07. The molecular weight excluding hydrogens is 649 g/mol. The van der Waals surface area contributed by atoms with Crippen LogP contribution in [0.15, 0.2) is 35.6 Å². The minimum Gasteiger partial charge on any atom is -0.490 e. The second-order valence-corrected chi connectivity index (χ2v) is 21.2. The van der Waals surface area contributed by atoms with Gasteiger partial charge in [0.05, 0.1) is 18.0 Å². The summed E-state index contributed by atoms with van der Waals surface area (Å²) in [4.78, 5) is 6.50. The molecule has 1 spiro atoms. The number of hydrogen-bond donors (Lipinski definition) is 0. The van der Waals surface area contributed by atoms with E-state index in [9.17, 15) is 0 Å². The summed E-state index contributed by atoms with van der Waals surface area (Å²) in [5.41, 5.74) is 2.00. The van der Waals surface area contributed by atoms with Gasteiger partial charge in [-0.25, -0.2) is 0 Å². The van der Waals surface area contributed by atoms with Crippen LogP contribution in [0.2, 0.25) is 0 Å². The van der Waals surface area contributed by atoms with Gasteiger partial charge in [0.1, 0.15) is 6.10 Å². The van der Waals surface area contributed by atoms with Crippen LogP contribution in [-0.4, -0.2) is 64.4 Å². The zero-order chi connectivity index (χ0) is 34.7. The predicted molar refractivity (Wildman–Crippen MR) is 212 cm³/mol. The summed E-state index contributed by atoms with van der Waals surface area (Å²) in [6.45, 7) is 0. The number of hydrogen-bond acceptors (Lipinski definition) is 4. The molecule has 0 aromatic heterocycles. The van der Waals surface area contributed by atoms with Crippen molar-refractivity contribution in [1.29, 1.82) is 0 Å². The lowest BCUT2D eigenvalue weighted by molar-refractivity contribution is -0.202. The van der Waals surface area contributed by atoms with E-state index in [0.29, 0.717) is 42.0 Å². The van der Waals surface area contributed by atoms with Gasteiger partial charge < -0.3 is 9.47 Å². The highest BCUT2D eigenvalue weighted by Gasteiger charge is 2.67. The van der Waals surface area contributed by atoms with Gasteiger partial charge in [0.25, 0.3) is 0 Å². The minimum absolute atomic E-state index is 0.195. The molecule has 9 fully saturated rings. The Morgan fingerprint density at radius 2 is 1.15 bits per heavy atom. The van der Waals surface area contributed by atoms with Gasteiger partial charge in [-0.3, -0.25) is 9.80 Å². The third-order valence-electron chi connectivity index (χ3n) is 19.4. The highest BCUT2D eigenvalue weighted by Crippen LogP contribution is 2.68. The molecule has 53 heavy (non-hydrogen) atoms. The number of allylic oxidation sites excluding steroid dienone is 2. The molecule has 12 aliphatic rings. The summed E-state index contributed by atoms with van der Waals surface area (Å²) in [6.07, 6.45) is 48.8. The first kappa shape index (κ1) is 34.0. The fraction of sp³-hybridized carbons (Fsp3) is 0.878. The molecule has 4 aliphatic heterocycles. The molecule has 0 aromatic rings. The molecule has 4 heterocycles. The molecule has 0 bridgehead atoms. The van der Waals surface area contributed by atoms with Gasteiger partial charge in [-0.1, -0.05) is 76.4 Å². The maximum atomic E-state index is 7.50. The van der Waals surface area contributed by atoms with Gasteiger partial charge >= 0.3 is 0 Å². The zero-order valence-electron chi connectivity index (χ0n) is 33.1. The van der Waals surface area contributed by atoms with Gasteiger partial charge in [-0.05, 0) is 150 Å². The highest BCUT2D eigenvalue weighted by atomic mass is 16.5. The minimum atomic E-state index is 0.195. The quantitative estimate of drug-likeness (QED) is 0.265. The van der Waals surface area contributed by atoms with Crippen molar-refractivity contribution in [2.75, 3.05) is 0 Å². The summed E-state index contributed by atoms with van der Waals surface area (Å²) in [5.74, 6) is 7.09. The van der Waals surface area contributed by atoms with Gasteiger partial charge in [0.15, 0.2) is 0 Å². The molecular formula is C49H72N2O2. The van der Waals surface area contributed by atoms with Gasteiger partial charge in [0.2, 0.25) is 0 Å². The van der Waals surface area contributed by atoms with Crippen molar-refractivity contribution in [2.24, 2.45) is 46.8 Å². The van der Waals surface area contributed by atoms with Crippen molar-refractivity contribution in [2.45, 2.75) is 222 Å². The smallest absolute Gasteiger partial charge is 0.120 e. The first-order valence-corrected chi connectivity index (χ1v) is 24.2. The van der Waals surface area contributed by atoms with Gasteiger partial charge in [-0.15, -0.1) is 0 Å². The first-order valence-electron chi connectivity index (χ1n) is 24.2. The molecule has 0 radical (unpaired) electrons. The fourth-order valence-electron chi connectivity index (χ4n) is 17.9. The van der Waals surface area contributed by atoms with E-state index in [0.717, 1.165) is 47.8 Å². The largest absolute Gasteiger partial charge is 0.490 e. The van der Waals surface area contributed by atoms with Crippen molar-refractivity contribution in [3.05, 3.63) is 35.6 Å². The standard InChI is InChI=1S/C49H72N2O2/c1-7-19-41-33(13-1)34-14-2-8-20-42(34)50(41)31-25-27-47-39(29-31)49(37-17-5-11-23-45(37)52-46-24-12-6-18-38(46)49)40-30-32(26-28-48(40)53-47)51-43-21-9-3-15-35(43)36-16-4-10-22-44(36)51/h17,25,27-28,31-36,38-47H,1-16,18-24,26,29-30H2. The summed E-state index contributed by atoms with van der Waals surface area (Å²) in [6, 6.07) is 4.67. The van der Waals surface area contributed by atoms with E-state index in [1.54, 1.807) is 5.57 Å². The van der Waals surface area contributed by atoms with Crippen LogP contribution in [0.25, 0.3) is 0 Å².